The number of hydrogen-bond donors (Lipinski definition) is 1. The van der Waals surface area contributed by atoms with E-state index >= 15 is 0 Å². The van der Waals surface area contributed by atoms with Crippen LogP contribution in [-0.4, -0.2) is 67.2 Å². The molecule has 0 aliphatic carbocycles. The molecular formula is C16H23N3O4. The number of hydrogen-bond acceptors (Lipinski definition) is 4. The number of morpholine rings is 1. The monoisotopic (exact) mass is 321 g/mol. The van der Waals surface area contributed by atoms with Crippen LogP contribution in [-0.2, 0) is 9.53 Å². The predicted octanol–water partition coefficient (Wildman–Crippen LogP) is 0.944. The molecule has 1 aromatic rings. The second-order valence-corrected chi connectivity index (χ2v) is 6.15. The number of likely N-dealkylation sites (tertiary alicyclic amines) is 1. The molecule has 2 atom stereocenters. The van der Waals surface area contributed by atoms with Gasteiger partial charge in [-0.05, 0) is 19.1 Å². The molecular weight excluding hydrogens is 298 g/mol. The average Bonchev–Trinajstić information content (AvgIpc) is 3.13. The quantitative estimate of drug-likeness (QED) is 0.880. The normalized spacial score (nSPS) is 24.8. The number of carbonyl (C=O) groups is 2. The molecule has 0 radical (unpaired) electrons. The van der Waals surface area contributed by atoms with Gasteiger partial charge in [0.05, 0.1) is 25.2 Å². The largest absolute Gasteiger partial charge is 0.466 e. The summed E-state index contributed by atoms with van der Waals surface area (Å²) < 4.78 is 11.0. The Morgan fingerprint density at radius 3 is 2.52 bits per heavy atom. The van der Waals surface area contributed by atoms with E-state index in [9.17, 15) is 9.59 Å². The molecule has 0 spiro atoms. The molecule has 7 heteroatoms. The molecule has 1 N–H and O–H groups in total. The van der Waals surface area contributed by atoms with Gasteiger partial charge in [-0.1, -0.05) is 0 Å². The van der Waals surface area contributed by atoms with Crippen molar-refractivity contribution in [2.45, 2.75) is 25.8 Å². The highest BCUT2D eigenvalue weighted by Crippen LogP contribution is 2.30. The molecule has 0 aromatic carbocycles. The van der Waals surface area contributed by atoms with E-state index in [0.29, 0.717) is 39.4 Å². The van der Waals surface area contributed by atoms with Crippen molar-refractivity contribution in [3.63, 3.8) is 0 Å². The molecule has 3 rings (SSSR count). The first-order valence-corrected chi connectivity index (χ1v) is 7.99. The first-order valence-electron chi connectivity index (χ1n) is 7.99. The smallest absolute Gasteiger partial charge is 0.320 e. The fourth-order valence-electron chi connectivity index (χ4n) is 3.26. The second kappa shape index (κ2) is 6.62. The van der Waals surface area contributed by atoms with Gasteiger partial charge < -0.3 is 24.3 Å². The minimum absolute atomic E-state index is 0.00873. The lowest BCUT2D eigenvalue weighted by atomic mass is 10.0. The summed E-state index contributed by atoms with van der Waals surface area (Å²) in [6.07, 6.45) is 0. The Hall–Kier alpha value is -2.02. The Balaban J connectivity index is 1.73. The topological polar surface area (TPSA) is 75.0 Å². The second-order valence-electron chi connectivity index (χ2n) is 6.15. The molecule has 2 unspecified atom stereocenters. The van der Waals surface area contributed by atoms with Crippen LogP contribution < -0.4 is 5.32 Å². The van der Waals surface area contributed by atoms with Gasteiger partial charge in [-0.3, -0.25) is 4.79 Å². The molecule has 2 aliphatic rings. The van der Waals surface area contributed by atoms with Crippen molar-refractivity contribution in [3.05, 3.63) is 23.7 Å². The molecule has 2 fully saturated rings. The fourth-order valence-corrected chi connectivity index (χ4v) is 3.26. The number of nitrogens with zero attached hydrogens (tertiary/aromatic N) is 2. The van der Waals surface area contributed by atoms with Gasteiger partial charge in [-0.25, -0.2) is 4.79 Å². The molecule has 3 heterocycles. The van der Waals surface area contributed by atoms with Gasteiger partial charge in [-0.15, -0.1) is 0 Å². The zero-order chi connectivity index (χ0) is 16.4. The highest BCUT2D eigenvalue weighted by molar-refractivity contribution is 5.76. The minimum Gasteiger partial charge on any atom is -0.466 e. The zero-order valence-corrected chi connectivity index (χ0v) is 13.6. The number of rotatable bonds is 2. The maximum absolute atomic E-state index is 12.7. The van der Waals surface area contributed by atoms with E-state index in [-0.39, 0.29) is 23.9 Å². The summed E-state index contributed by atoms with van der Waals surface area (Å²) in [5, 5.41) is 2.95. The van der Waals surface area contributed by atoms with Crippen LogP contribution in [0.15, 0.2) is 16.5 Å². The third kappa shape index (κ3) is 3.50. The summed E-state index contributed by atoms with van der Waals surface area (Å²) in [5.41, 5.74) is 0. The summed E-state index contributed by atoms with van der Waals surface area (Å²) in [6.45, 7) is 6.83. The maximum Gasteiger partial charge on any atom is 0.320 e. The summed E-state index contributed by atoms with van der Waals surface area (Å²) >= 11 is 0. The van der Waals surface area contributed by atoms with Crippen molar-refractivity contribution in [2.75, 3.05) is 39.4 Å². The molecule has 0 bridgehead atoms. The Morgan fingerprint density at radius 2 is 1.91 bits per heavy atom. The number of carbonyl (C=O) groups excluding carboxylic acids is 2. The average molecular weight is 321 g/mol. The third-order valence-corrected chi connectivity index (χ3v) is 4.39. The van der Waals surface area contributed by atoms with Crippen molar-refractivity contribution in [1.82, 2.24) is 15.1 Å². The maximum atomic E-state index is 12.7. The first-order chi connectivity index (χ1) is 11.0. The molecule has 0 saturated carbocycles. The summed E-state index contributed by atoms with van der Waals surface area (Å²) in [4.78, 5) is 27.8. The van der Waals surface area contributed by atoms with E-state index < -0.39 is 0 Å². The van der Waals surface area contributed by atoms with Crippen LogP contribution in [0, 0.1) is 6.92 Å². The Morgan fingerprint density at radius 1 is 1.17 bits per heavy atom. The highest BCUT2D eigenvalue weighted by atomic mass is 16.5. The lowest BCUT2D eigenvalue weighted by Gasteiger charge is -2.31. The zero-order valence-electron chi connectivity index (χ0n) is 13.6. The van der Waals surface area contributed by atoms with Gasteiger partial charge in [0.15, 0.2) is 0 Å². The molecule has 2 saturated heterocycles. The lowest BCUT2D eigenvalue weighted by Crippen LogP contribution is -2.48. The third-order valence-electron chi connectivity index (χ3n) is 4.39. The van der Waals surface area contributed by atoms with Gasteiger partial charge in [0.1, 0.15) is 11.5 Å². The molecule has 3 amide bonds. The van der Waals surface area contributed by atoms with E-state index in [4.69, 9.17) is 9.15 Å². The van der Waals surface area contributed by atoms with Gasteiger partial charge in [-0.2, -0.15) is 0 Å². The Kier molecular flexibility index (Phi) is 4.56. The summed E-state index contributed by atoms with van der Waals surface area (Å²) in [6, 6.07) is 3.72. The van der Waals surface area contributed by atoms with E-state index in [1.54, 1.807) is 4.90 Å². The van der Waals surface area contributed by atoms with Crippen molar-refractivity contribution >= 4 is 11.9 Å². The number of aryl methyl sites for hydroxylation is 1. The standard InChI is InChI=1S/C16H23N3O4/c1-11-3-4-15(23-11)13-9-19(10-14(13)17-12(2)20)16(21)18-5-7-22-8-6-18/h3-4,13-14H,5-10H2,1-2H3,(H,17,20). The van der Waals surface area contributed by atoms with Crippen LogP contribution >= 0.6 is 0 Å². The molecule has 126 valence electrons. The van der Waals surface area contributed by atoms with Gasteiger partial charge in [0, 0.05) is 33.1 Å². The van der Waals surface area contributed by atoms with E-state index in [1.165, 1.54) is 6.92 Å². The molecule has 23 heavy (non-hydrogen) atoms. The summed E-state index contributed by atoms with van der Waals surface area (Å²) in [5.74, 6) is 1.54. The summed E-state index contributed by atoms with van der Waals surface area (Å²) in [7, 11) is 0. The number of furan rings is 1. The lowest BCUT2D eigenvalue weighted by molar-refractivity contribution is -0.119. The van der Waals surface area contributed by atoms with E-state index in [0.717, 1.165) is 11.5 Å². The first kappa shape index (κ1) is 15.9. The number of ether oxygens (including phenoxy) is 1. The Bertz CT molecular complexity index is 580. The van der Waals surface area contributed by atoms with Crippen molar-refractivity contribution < 1.29 is 18.7 Å². The van der Waals surface area contributed by atoms with Crippen molar-refractivity contribution in [3.8, 4) is 0 Å². The van der Waals surface area contributed by atoms with Crippen LogP contribution in [0.25, 0.3) is 0 Å². The van der Waals surface area contributed by atoms with Crippen LogP contribution in [0.2, 0.25) is 0 Å². The predicted molar refractivity (Wildman–Crippen MR) is 83.2 cm³/mol. The van der Waals surface area contributed by atoms with E-state index in [1.807, 2.05) is 24.0 Å². The van der Waals surface area contributed by atoms with E-state index in [2.05, 4.69) is 5.32 Å². The van der Waals surface area contributed by atoms with Crippen LogP contribution in [0.5, 0.6) is 0 Å². The Labute approximate surface area is 135 Å². The highest BCUT2D eigenvalue weighted by Gasteiger charge is 2.39. The van der Waals surface area contributed by atoms with Gasteiger partial charge in [0.2, 0.25) is 5.91 Å². The number of nitrogens with one attached hydrogen (secondary N) is 1. The number of amides is 3. The SMILES string of the molecule is CC(=O)NC1CN(C(=O)N2CCOCC2)CC1c1ccc(C)o1. The van der Waals surface area contributed by atoms with Crippen LogP contribution in [0.4, 0.5) is 4.79 Å². The van der Waals surface area contributed by atoms with Gasteiger partial charge in [0.25, 0.3) is 0 Å². The molecule has 7 nitrogen and oxygen atoms in total. The van der Waals surface area contributed by atoms with Crippen molar-refractivity contribution in [2.24, 2.45) is 0 Å². The van der Waals surface area contributed by atoms with Crippen LogP contribution in [0.1, 0.15) is 24.4 Å². The minimum atomic E-state index is -0.122. The van der Waals surface area contributed by atoms with Crippen molar-refractivity contribution in [1.29, 1.82) is 0 Å². The number of urea groups is 1. The molecule has 2 aliphatic heterocycles. The van der Waals surface area contributed by atoms with Crippen LogP contribution in [0.3, 0.4) is 0 Å². The fraction of sp³-hybridized carbons (Fsp3) is 0.625. The molecule has 1 aromatic heterocycles. The van der Waals surface area contributed by atoms with Gasteiger partial charge >= 0.3 is 6.03 Å².